The fourth-order valence-corrected chi connectivity index (χ4v) is 0.802. The number of hydrogen-bond donors (Lipinski definition) is 2. The van der Waals surface area contributed by atoms with Gasteiger partial charge in [0.1, 0.15) is 6.67 Å². The van der Waals surface area contributed by atoms with Gasteiger partial charge in [0.2, 0.25) is 5.96 Å². The van der Waals surface area contributed by atoms with Crippen LogP contribution >= 0.6 is 0 Å². The number of nitrogens with zero attached hydrogens (tertiary/aromatic N) is 3. The lowest BCUT2D eigenvalue weighted by atomic mass is 10.7. The number of guanidine groups is 1. The number of nitrogens with one attached hydrogen (secondary N) is 1. The summed E-state index contributed by atoms with van der Waals surface area (Å²) < 4.78 is 0. The average molecular weight is 158 g/mol. The van der Waals surface area contributed by atoms with Crippen LogP contribution in [-0.4, -0.2) is 47.7 Å². The smallest absolute Gasteiger partial charge is 0.415 e. The number of hydrogen-bond acceptors (Lipinski definition) is 4. The van der Waals surface area contributed by atoms with Crippen LogP contribution < -0.4 is 5.43 Å². The van der Waals surface area contributed by atoms with E-state index in [2.05, 4.69) is 10.5 Å². The molecule has 0 aromatic carbocycles. The molecular formula is C5H10N4O2. The van der Waals surface area contributed by atoms with Crippen molar-refractivity contribution in [3.05, 3.63) is 0 Å². The van der Waals surface area contributed by atoms with Crippen molar-refractivity contribution >= 4 is 12.1 Å². The molecule has 0 fully saturated rings. The summed E-state index contributed by atoms with van der Waals surface area (Å²) in [5.41, 5.74) is 2.58. The highest BCUT2D eigenvalue weighted by atomic mass is 16.4. The largest absolute Gasteiger partial charge is 0.465 e. The Labute approximate surface area is 64.1 Å². The molecule has 0 saturated carbocycles. The SMILES string of the molecule is CN(C)C1=NNCN1C(=O)O. The molecule has 0 unspecified atom stereocenters. The van der Waals surface area contributed by atoms with E-state index in [9.17, 15) is 4.79 Å². The van der Waals surface area contributed by atoms with E-state index in [4.69, 9.17) is 5.11 Å². The van der Waals surface area contributed by atoms with Gasteiger partial charge in [-0.2, -0.15) is 0 Å². The minimum Gasteiger partial charge on any atom is -0.465 e. The molecule has 6 nitrogen and oxygen atoms in total. The number of rotatable bonds is 0. The summed E-state index contributed by atoms with van der Waals surface area (Å²) in [4.78, 5) is 13.3. The molecule has 6 heteroatoms. The molecule has 1 amide bonds. The molecule has 0 spiro atoms. The zero-order chi connectivity index (χ0) is 8.43. The van der Waals surface area contributed by atoms with Crippen molar-refractivity contribution in [2.24, 2.45) is 5.10 Å². The average Bonchev–Trinajstić information content (AvgIpc) is 2.32. The highest BCUT2D eigenvalue weighted by Crippen LogP contribution is 1.99. The lowest BCUT2D eigenvalue weighted by Gasteiger charge is -2.18. The first kappa shape index (κ1) is 7.64. The maximum absolute atomic E-state index is 10.5. The lowest BCUT2D eigenvalue weighted by Crippen LogP contribution is -2.41. The summed E-state index contributed by atoms with van der Waals surface area (Å²) in [6.45, 7) is 0.225. The molecule has 0 bridgehead atoms. The van der Waals surface area contributed by atoms with E-state index in [-0.39, 0.29) is 6.67 Å². The van der Waals surface area contributed by atoms with Gasteiger partial charge in [-0.25, -0.2) is 9.69 Å². The molecule has 0 saturated heterocycles. The van der Waals surface area contributed by atoms with Crippen LogP contribution in [0.15, 0.2) is 5.10 Å². The maximum Gasteiger partial charge on any atom is 0.415 e. The van der Waals surface area contributed by atoms with Gasteiger partial charge in [0, 0.05) is 14.1 Å². The van der Waals surface area contributed by atoms with Gasteiger partial charge in [-0.1, -0.05) is 0 Å². The Morgan fingerprint density at radius 3 is 2.82 bits per heavy atom. The van der Waals surface area contributed by atoms with Crippen molar-refractivity contribution in [3.63, 3.8) is 0 Å². The van der Waals surface area contributed by atoms with Crippen molar-refractivity contribution in [1.29, 1.82) is 0 Å². The third-order valence-electron chi connectivity index (χ3n) is 1.28. The number of carbonyl (C=O) groups is 1. The predicted molar refractivity (Wildman–Crippen MR) is 39.0 cm³/mol. The van der Waals surface area contributed by atoms with Gasteiger partial charge in [0.25, 0.3) is 0 Å². The summed E-state index contributed by atoms with van der Waals surface area (Å²) in [6, 6.07) is 0. The van der Waals surface area contributed by atoms with Crippen molar-refractivity contribution in [2.75, 3.05) is 20.8 Å². The first-order valence-corrected chi connectivity index (χ1v) is 3.11. The van der Waals surface area contributed by atoms with Gasteiger partial charge in [-0.15, -0.1) is 5.10 Å². The summed E-state index contributed by atoms with van der Waals surface area (Å²) in [7, 11) is 3.48. The summed E-state index contributed by atoms with van der Waals surface area (Å²) >= 11 is 0. The number of amides is 1. The molecule has 1 rings (SSSR count). The van der Waals surface area contributed by atoms with E-state index in [0.29, 0.717) is 5.96 Å². The van der Waals surface area contributed by atoms with Crippen LogP contribution in [0, 0.1) is 0 Å². The molecule has 1 aliphatic rings. The Balaban J connectivity index is 2.70. The molecule has 0 aromatic rings. The third kappa shape index (κ3) is 1.34. The first-order chi connectivity index (χ1) is 5.13. The van der Waals surface area contributed by atoms with Crippen LogP contribution in [0.2, 0.25) is 0 Å². The predicted octanol–water partition coefficient (Wildman–Crippen LogP) is -0.640. The highest BCUT2D eigenvalue weighted by molar-refractivity contribution is 5.93. The summed E-state index contributed by atoms with van der Waals surface area (Å²) in [6.07, 6.45) is -0.998. The van der Waals surface area contributed by atoms with E-state index in [1.54, 1.807) is 19.0 Å². The van der Waals surface area contributed by atoms with Crippen LogP contribution in [0.25, 0.3) is 0 Å². The van der Waals surface area contributed by atoms with Crippen molar-refractivity contribution in [3.8, 4) is 0 Å². The molecule has 0 aromatic heterocycles. The summed E-state index contributed by atoms with van der Waals surface area (Å²) in [5.74, 6) is 0.414. The van der Waals surface area contributed by atoms with Gasteiger partial charge < -0.3 is 10.0 Å². The minimum atomic E-state index is -0.998. The van der Waals surface area contributed by atoms with E-state index in [1.807, 2.05) is 0 Å². The van der Waals surface area contributed by atoms with Crippen LogP contribution in [-0.2, 0) is 0 Å². The lowest BCUT2D eigenvalue weighted by molar-refractivity contribution is 0.167. The van der Waals surface area contributed by atoms with Gasteiger partial charge in [0.05, 0.1) is 0 Å². The van der Waals surface area contributed by atoms with E-state index in [1.165, 1.54) is 0 Å². The normalized spacial score (nSPS) is 15.8. The van der Waals surface area contributed by atoms with Crippen molar-refractivity contribution < 1.29 is 9.90 Å². The monoisotopic (exact) mass is 158 g/mol. The molecule has 11 heavy (non-hydrogen) atoms. The Bertz CT molecular complexity index is 201. The Kier molecular flexibility index (Phi) is 1.84. The van der Waals surface area contributed by atoms with E-state index < -0.39 is 6.09 Å². The second-order valence-electron chi connectivity index (χ2n) is 2.33. The maximum atomic E-state index is 10.5. The van der Waals surface area contributed by atoms with Gasteiger partial charge in [0.15, 0.2) is 0 Å². The zero-order valence-electron chi connectivity index (χ0n) is 6.40. The Morgan fingerprint density at radius 2 is 2.45 bits per heavy atom. The van der Waals surface area contributed by atoms with Crippen molar-refractivity contribution in [1.82, 2.24) is 15.2 Å². The zero-order valence-corrected chi connectivity index (χ0v) is 6.40. The molecule has 0 aliphatic carbocycles. The quantitative estimate of drug-likeness (QED) is 0.492. The molecule has 0 radical (unpaired) electrons. The number of carboxylic acid groups (broad SMARTS) is 1. The Hall–Kier alpha value is -1.46. The van der Waals surface area contributed by atoms with E-state index >= 15 is 0 Å². The molecule has 0 atom stereocenters. The minimum absolute atomic E-state index is 0.225. The second kappa shape index (κ2) is 2.65. The standard InChI is InChI=1S/C5H10N4O2/c1-8(2)4-7-6-3-9(4)5(10)11/h6H,3H2,1-2H3,(H,10,11). The molecular weight excluding hydrogens is 148 g/mol. The molecule has 62 valence electrons. The molecule has 2 N–H and O–H groups in total. The van der Waals surface area contributed by atoms with Gasteiger partial charge >= 0.3 is 6.09 Å². The van der Waals surface area contributed by atoms with Gasteiger partial charge in [-0.3, -0.25) is 5.43 Å². The number of hydrazone groups is 1. The molecule has 1 heterocycles. The van der Waals surface area contributed by atoms with Crippen LogP contribution in [0.3, 0.4) is 0 Å². The van der Waals surface area contributed by atoms with Crippen LogP contribution in [0.4, 0.5) is 4.79 Å². The molecule has 1 aliphatic heterocycles. The van der Waals surface area contributed by atoms with E-state index in [0.717, 1.165) is 4.90 Å². The van der Waals surface area contributed by atoms with Gasteiger partial charge in [-0.05, 0) is 0 Å². The fourth-order valence-electron chi connectivity index (χ4n) is 0.802. The first-order valence-electron chi connectivity index (χ1n) is 3.11. The summed E-state index contributed by atoms with van der Waals surface area (Å²) in [5, 5.41) is 12.4. The van der Waals surface area contributed by atoms with Crippen LogP contribution in [0.5, 0.6) is 0 Å². The van der Waals surface area contributed by atoms with Crippen LogP contribution in [0.1, 0.15) is 0 Å². The Morgan fingerprint density at radius 1 is 1.82 bits per heavy atom. The second-order valence-corrected chi connectivity index (χ2v) is 2.33. The third-order valence-corrected chi connectivity index (χ3v) is 1.28. The highest BCUT2D eigenvalue weighted by Gasteiger charge is 2.24. The van der Waals surface area contributed by atoms with Crippen molar-refractivity contribution in [2.45, 2.75) is 0 Å². The topological polar surface area (TPSA) is 68.2 Å². The fraction of sp³-hybridized carbons (Fsp3) is 0.600.